The van der Waals surface area contributed by atoms with Gasteiger partial charge in [0.05, 0.1) is 23.6 Å². The fourth-order valence-corrected chi connectivity index (χ4v) is 4.36. The van der Waals surface area contributed by atoms with Crippen LogP contribution < -0.4 is 15.5 Å². The second-order valence-electron chi connectivity index (χ2n) is 8.41. The van der Waals surface area contributed by atoms with E-state index < -0.39 is 6.36 Å². The lowest BCUT2D eigenvalue weighted by atomic mass is 10.0. The van der Waals surface area contributed by atoms with Crippen LogP contribution >= 0.6 is 12.2 Å². The molecule has 4 aromatic carbocycles. The van der Waals surface area contributed by atoms with E-state index in [1.54, 1.807) is 17.1 Å². The van der Waals surface area contributed by atoms with Crippen molar-refractivity contribution >= 4 is 50.9 Å². The highest BCUT2D eigenvalue weighted by Gasteiger charge is 2.31. The third-order valence-electron chi connectivity index (χ3n) is 5.93. The van der Waals surface area contributed by atoms with Gasteiger partial charge in [-0.05, 0) is 83.0 Å². The van der Waals surface area contributed by atoms with E-state index in [1.165, 1.54) is 24.3 Å². The van der Waals surface area contributed by atoms with E-state index in [2.05, 4.69) is 32.6 Å². The van der Waals surface area contributed by atoms with Gasteiger partial charge in [-0.3, -0.25) is 5.43 Å². The van der Waals surface area contributed by atoms with Crippen molar-refractivity contribution in [3.8, 4) is 11.4 Å². The molecule has 192 valence electrons. The summed E-state index contributed by atoms with van der Waals surface area (Å²) in [6.45, 7) is 2.09. The van der Waals surface area contributed by atoms with E-state index >= 15 is 0 Å². The highest BCUT2D eigenvalue weighted by atomic mass is 32.1. The molecule has 38 heavy (non-hydrogen) atoms. The van der Waals surface area contributed by atoms with Gasteiger partial charge in [0.2, 0.25) is 0 Å². The van der Waals surface area contributed by atoms with E-state index in [0.717, 1.165) is 44.9 Å². The van der Waals surface area contributed by atoms with Gasteiger partial charge in [-0.25, -0.2) is 4.68 Å². The molecule has 2 N–H and O–H groups in total. The molecule has 0 radical (unpaired) electrons. The quantitative estimate of drug-likeness (QED) is 0.140. The van der Waals surface area contributed by atoms with Crippen molar-refractivity contribution in [2.45, 2.75) is 19.7 Å². The summed E-state index contributed by atoms with van der Waals surface area (Å²) in [6.07, 6.45) is -0.410. The van der Waals surface area contributed by atoms with Gasteiger partial charge in [0.1, 0.15) is 5.75 Å². The Morgan fingerprint density at radius 3 is 2.58 bits per heavy atom. The number of hydrogen-bond acceptors (Lipinski definition) is 4. The summed E-state index contributed by atoms with van der Waals surface area (Å²) in [4.78, 5) is 0. The van der Waals surface area contributed by atoms with Crippen molar-refractivity contribution in [1.29, 1.82) is 0 Å². The van der Waals surface area contributed by atoms with Crippen molar-refractivity contribution in [2.24, 2.45) is 5.10 Å². The minimum atomic E-state index is -4.73. The minimum Gasteiger partial charge on any atom is -0.406 e. The molecule has 10 heteroatoms. The Morgan fingerprint density at radius 2 is 1.82 bits per heavy atom. The number of anilines is 1. The largest absolute Gasteiger partial charge is 0.573 e. The summed E-state index contributed by atoms with van der Waals surface area (Å²) < 4.78 is 43.0. The number of alkyl halides is 3. The molecule has 1 aromatic heterocycles. The maximum absolute atomic E-state index is 12.5. The van der Waals surface area contributed by atoms with Crippen LogP contribution in [0.2, 0.25) is 0 Å². The summed E-state index contributed by atoms with van der Waals surface area (Å²) in [5.74, 6) is -0.283. The number of hydrazone groups is 1. The summed E-state index contributed by atoms with van der Waals surface area (Å²) >= 11 is 5.36. The molecule has 0 atom stereocenters. The fourth-order valence-electron chi connectivity index (χ4n) is 4.20. The standard InChI is InChI=1S/C28H22F3N5OS/c1-2-19-5-3-4-6-25(19)34-27(38)35-32-16-18-7-13-23-20(15-18)8-14-26-24(23)17-33-36(26)21-9-11-22(12-10-21)37-28(29,30)31/h3-17H,2H2,1H3,(H2,34,35,38)/b32-16+. The predicted molar refractivity (Wildman–Crippen MR) is 148 cm³/mol. The SMILES string of the molecule is CCc1ccccc1NC(=S)N/N=C/c1ccc2c(ccc3c2cnn3-c2ccc(OC(F)(F)F)cc2)c1. The summed E-state index contributed by atoms with van der Waals surface area (Å²) in [5, 5.41) is 15.2. The molecule has 0 unspecified atom stereocenters. The number of nitrogens with zero attached hydrogens (tertiary/aromatic N) is 3. The number of benzene rings is 4. The number of rotatable bonds is 6. The van der Waals surface area contributed by atoms with Crippen molar-refractivity contribution in [1.82, 2.24) is 15.2 Å². The predicted octanol–water partition coefficient (Wildman–Crippen LogP) is 6.96. The molecule has 5 rings (SSSR count). The molecule has 0 fully saturated rings. The number of fused-ring (bicyclic) bond motifs is 3. The second-order valence-corrected chi connectivity index (χ2v) is 8.82. The Balaban J connectivity index is 1.31. The number of nitrogens with one attached hydrogen (secondary N) is 2. The number of ether oxygens (including phenoxy) is 1. The van der Waals surface area contributed by atoms with E-state index in [-0.39, 0.29) is 5.75 Å². The fraction of sp³-hybridized carbons (Fsp3) is 0.107. The van der Waals surface area contributed by atoms with Crippen LogP contribution in [0, 0.1) is 0 Å². The van der Waals surface area contributed by atoms with Crippen LogP contribution in [0.4, 0.5) is 18.9 Å². The van der Waals surface area contributed by atoms with E-state index in [4.69, 9.17) is 12.2 Å². The number of para-hydroxylation sites is 1. The van der Waals surface area contributed by atoms with Crippen LogP contribution in [0.25, 0.3) is 27.4 Å². The maximum atomic E-state index is 12.5. The first-order chi connectivity index (χ1) is 18.3. The zero-order valence-electron chi connectivity index (χ0n) is 20.2. The minimum absolute atomic E-state index is 0.283. The molecule has 0 aliphatic rings. The van der Waals surface area contributed by atoms with Gasteiger partial charge in [0.15, 0.2) is 5.11 Å². The molecule has 6 nitrogen and oxygen atoms in total. The normalized spacial score (nSPS) is 11.8. The van der Waals surface area contributed by atoms with Gasteiger partial charge >= 0.3 is 6.36 Å². The Bertz CT molecular complexity index is 1640. The van der Waals surface area contributed by atoms with Gasteiger partial charge in [0, 0.05) is 11.1 Å². The smallest absolute Gasteiger partial charge is 0.406 e. The van der Waals surface area contributed by atoms with Crippen molar-refractivity contribution < 1.29 is 17.9 Å². The van der Waals surface area contributed by atoms with Crippen molar-refractivity contribution in [2.75, 3.05) is 5.32 Å². The molecule has 0 spiro atoms. The third-order valence-corrected chi connectivity index (χ3v) is 6.13. The average molecular weight is 534 g/mol. The Kier molecular flexibility index (Phi) is 6.97. The van der Waals surface area contributed by atoms with Gasteiger partial charge in [-0.2, -0.15) is 10.2 Å². The molecule has 0 saturated heterocycles. The Hall–Kier alpha value is -4.44. The lowest BCUT2D eigenvalue weighted by Gasteiger charge is -2.10. The first kappa shape index (κ1) is 25.2. The number of thiocarbonyl (C=S) groups is 1. The second kappa shape index (κ2) is 10.5. The van der Waals surface area contributed by atoms with E-state index in [9.17, 15) is 13.2 Å². The number of aryl methyl sites for hydroxylation is 1. The average Bonchev–Trinajstić information content (AvgIpc) is 3.33. The molecule has 0 saturated carbocycles. The summed E-state index contributed by atoms with van der Waals surface area (Å²) in [6, 6.07) is 23.4. The Labute approximate surface area is 221 Å². The first-order valence-electron chi connectivity index (χ1n) is 11.8. The first-order valence-corrected chi connectivity index (χ1v) is 12.2. The van der Waals surface area contributed by atoms with E-state index in [1.807, 2.05) is 54.6 Å². The molecule has 0 amide bonds. The topological polar surface area (TPSA) is 63.5 Å². The van der Waals surface area contributed by atoms with Gasteiger partial charge in [-0.15, -0.1) is 13.2 Å². The number of halogens is 3. The van der Waals surface area contributed by atoms with Crippen LogP contribution in [0.1, 0.15) is 18.1 Å². The van der Waals surface area contributed by atoms with Gasteiger partial charge < -0.3 is 10.1 Å². The van der Waals surface area contributed by atoms with E-state index in [0.29, 0.717) is 10.8 Å². The highest BCUT2D eigenvalue weighted by molar-refractivity contribution is 7.80. The molecular weight excluding hydrogens is 511 g/mol. The van der Waals surface area contributed by atoms with Crippen molar-refractivity contribution in [3.63, 3.8) is 0 Å². The highest BCUT2D eigenvalue weighted by Crippen LogP contribution is 2.29. The summed E-state index contributed by atoms with van der Waals surface area (Å²) in [5.41, 5.74) is 7.29. The Morgan fingerprint density at radius 1 is 1.03 bits per heavy atom. The molecule has 0 aliphatic carbocycles. The molecule has 0 aliphatic heterocycles. The lowest BCUT2D eigenvalue weighted by molar-refractivity contribution is -0.274. The van der Waals surface area contributed by atoms with Crippen LogP contribution in [-0.2, 0) is 6.42 Å². The maximum Gasteiger partial charge on any atom is 0.573 e. The summed E-state index contributed by atoms with van der Waals surface area (Å²) in [7, 11) is 0. The van der Waals surface area contributed by atoms with Crippen LogP contribution in [0.3, 0.4) is 0 Å². The molecule has 5 aromatic rings. The molecular formula is C28H22F3N5OS. The van der Waals surface area contributed by atoms with Crippen LogP contribution in [-0.4, -0.2) is 27.5 Å². The molecule has 1 heterocycles. The van der Waals surface area contributed by atoms with Gasteiger partial charge in [0.25, 0.3) is 0 Å². The third kappa shape index (κ3) is 5.60. The number of hydrogen-bond donors (Lipinski definition) is 2. The van der Waals surface area contributed by atoms with Crippen molar-refractivity contribution in [3.05, 3.63) is 96.2 Å². The van der Waals surface area contributed by atoms with Crippen LogP contribution in [0.5, 0.6) is 5.75 Å². The molecule has 0 bridgehead atoms. The zero-order chi connectivity index (χ0) is 26.7. The van der Waals surface area contributed by atoms with Gasteiger partial charge in [-0.1, -0.05) is 43.3 Å². The monoisotopic (exact) mass is 533 g/mol. The lowest BCUT2D eigenvalue weighted by Crippen LogP contribution is -2.24. The zero-order valence-corrected chi connectivity index (χ0v) is 21.0. The number of aromatic nitrogens is 2. The van der Waals surface area contributed by atoms with Crippen LogP contribution in [0.15, 0.2) is 90.2 Å².